The van der Waals surface area contributed by atoms with E-state index in [-0.39, 0.29) is 24.1 Å². The van der Waals surface area contributed by atoms with Crippen LogP contribution in [0.15, 0.2) is 72.8 Å². The molecule has 176 valence electrons. The van der Waals surface area contributed by atoms with Crippen LogP contribution in [0.1, 0.15) is 30.5 Å². The molecule has 0 fully saturated rings. The number of ether oxygens (including phenoxy) is 2. The molecule has 3 N–H and O–H groups in total. The van der Waals surface area contributed by atoms with Crippen molar-refractivity contribution < 1.29 is 24.5 Å². The topological polar surface area (TPSA) is 93.0 Å². The molecule has 0 aliphatic rings. The molecule has 4 rings (SSSR count). The zero-order chi connectivity index (χ0) is 24.1. The van der Waals surface area contributed by atoms with E-state index in [4.69, 9.17) is 9.47 Å². The summed E-state index contributed by atoms with van der Waals surface area (Å²) < 4.78 is 12.5. The van der Waals surface area contributed by atoms with Crippen LogP contribution < -0.4 is 14.8 Å². The first kappa shape index (κ1) is 23.0. The average molecular weight is 461 g/mol. The van der Waals surface area contributed by atoms with Gasteiger partial charge < -0.3 is 25.0 Å². The van der Waals surface area contributed by atoms with Gasteiger partial charge in [-0.25, -0.2) is 0 Å². The summed E-state index contributed by atoms with van der Waals surface area (Å²) >= 11 is 0. The predicted molar refractivity (Wildman–Crippen MR) is 130 cm³/mol. The number of nitrogens with one attached hydrogen (secondary N) is 1. The number of amides is 1. The molecule has 0 aliphatic carbocycles. The van der Waals surface area contributed by atoms with Crippen molar-refractivity contribution in [3.63, 3.8) is 0 Å². The molecule has 1 aromatic heterocycles. The number of carbonyl (C=O) groups is 1. The van der Waals surface area contributed by atoms with Crippen molar-refractivity contribution in [3.8, 4) is 23.3 Å². The van der Waals surface area contributed by atoms with E-state index in [0.29, 0.717) is 41.0 Å². The number of rotatable bonds is 9. The zero-order valence-corrected chi connectivity index (χ0v) is 19.2. The lowest BCUT2D eigenvalue weighted by molar-refractivity contribution is -0.121. The second-order valence-corrected chi connectivity index (χ2v) is 7.89. The third-order valence-corrected chi connectivity index (χ3v) is 5.76. The van der Waals surface area contributed by atoms with E-state index in [1.807, 2.05) is 37.3 Å². The highest BCUT2D eigenvalue weighted by Gasteiger charge is 2.27. The van der Waals surface area contributed by atoms with Gasteiger partial charge in [0.1, 0.15) is 0 Å². The average Bonchev–Trinajstić information content (AvgIpc) is 3.12. The molecule has 1 unspecified atom stereocenters. The monoisotopic (exact) mass is 460 g/mol. The Morgan fingerprint density at radius 2 is 1.59 bits per heavy atom. The van der Waals surface area contributed by atoms with Crippen molar-refractivity contribution >= 4 is 16.7 Å². The standard InChI is InChI=1S/C27H28N2O5/c1-3-34-24-15-19(13-14-23(24)33-2)22(16-25(30)28-17-18-9-5-4-6-10-18)29-26(31)20-11-7-8-12-21(20)27(29)32/h4-15,22,31-32H,3,16-17H2,1-2H3,(H,28,30). The summed E-state index contributed by atoms with van der Waals surface area (Å²) in [4.78, 5) is 13.0. The maximum atomic E-state index is 13.0. The van der Waals surface area contributed by atoms with Gasteiger partial charge >= 0.3 is 0 Å². The smallest absolute Gasteiger partial charge is 0.222 e. The minimum Gasteiger partial charge on any atom is -0.494 e. The van der Waals surface area contributed by atoms with Crippen LogP contribution in [0.2, 0.25) is 0 Å². The normalized spacial score (nSPS) is 11.8. The Balaban J connectivity index is 1.73. The van der Waals surface area contributed by atoms with Crippen molar-refractivity contribution in [1.82, 2.24) is 9.88 Å². The summed E-state index contributed by atoms with van der Waals surface area (Å²) in [5, 5.41) is 26.0. The number of benzene rings is 3. The minimum absolute atomic E-state index is 0.00711. The van der Waals surface area contributed by atoms with Crippen molar-refractivity contribution in [2.24, 2.45) is 0 Å². The van der Waals surface area contributed by atoms with Gasteiger partial charge in [-0.15, -0.1) is 0 Å². The Morgan fingerprint density at radius 3 is 2.21 bits per heavy atom. The minimum atomic E-state index is -0.687. The quantitative estimate of drug-likeness (QED) is 0.335. The number of fused-ring (bicyclic) bond motifs is 1. The van der Waals surface area contributed by atoms with E-state index in [2.05, 4.69) is 5.32 Å². The lowest BCUT2D eigenvalue weighted by Gasteiger charge is -2.22. The Hall–Kier alpha value is -4.13. The fourth-order valence-corrected chi connectivity index (χ4v) is 4.10. The Kier molecular flexibility index (Phi) is 6.92. The lowest BCUT2D eigenvalue weighted by atomic mass is 10.0. The molecule has 7 nitrogen and oxygen atoms in total. The third kappa shape index (κ3) is 4.64. The van der Waals surface area contributed by atoms with Crippen LogP contribution in [0.3, 0.4) is 0 Å². The molecule has 0 saturated heterocycles. The summed E-state index contributed by atoms with van der Waals surface area (Å²) in [6.45, 7) is 2.69. The first-order valence-corrected chi connectivity index (χ1v) is 11.2. The van der Waals surface area contributed by atoms with Gasteiger partial charge in [-0.3, -0.25) is 9.36 Å². The lowest BCUT2D eigenvalue weighted by Crippen LogP contribution is -2.26. The van der Waals surface area contributed by atoms with Crippen LogP contribution >= 0.6 is 0 Å². The van der Waals surface area contributed by atoms with Crippen LogP contribution in [-0.4, -0.2) is 34.4 Å². The Labute approximate surface area is 198 Å². The number of methoxy groups -OCH3 is 1. The SMILES string of the molecule is CCOc1cc(C(CC(=O)NCc2ccccc2)n2c(O)c3ccccc3c2O)ccc1OC. The zero-order valence-electron chi connectivity index (χ0n) is 19.2. The second-order valence-electron chi connectivity index (χ2n) is 7.89. The third-order valence-electron chi connectivity index (χ3n) is 5.76. The summed E-state index contributed by atoms with van der Waals surface area (Å²) in [6.07, 6.45) is -0.00711. The van der Waals surface area contributed by atoms with Crippen LogP contribution in [0.5, 0.6) is 23.3 Å². The molecule has 3 aromatic carbocycles. The number of aromatic nitrogens is 1. The molecule has 0 saturated carbocycles. The van der Waals surface area contributed by atoms with Crippen LogP contribution in [0.4, 0.5) is 0 Å². The summed E-state index contributed by atoms with van der Waals surface area (Å²) in [5.41, 5.74) is 1.66. The molecule has 0 aliphatic heterocycles. The van der Waals surface area contributed by atoms with Crippen LogP contribution in [-0.2, 0) is 11.3 Å². The van der Waals surface area contributed by atoms with Crippen LogP contribution in [0.25, 0.3) is 10.8 Å². The Bertz CT molecular complexity index is 1240. The van der Waals surface area contributed by atoms with Gasteiger partial charge in [-0.05, 0) is 42.3 Å². The molecule has 0 bridgehead atoms. The van der Waals surface area contributed by atoms with Crippen LogP contribution in [0, 0.1) is 0 Å². The summed E-state index contributed by atoms with van der Waals surface area (Å²) in [6, 6.07) is 21.3. The van der Waals surface area contributed by atoms with E-state index >= 15 is 0 Å². The number of carbonyl (C=O) groups excluding carboxylic acids is 1. The first-order valence-electron chi connectivity index (χ1n) is 11.2. The number of nitrogens with zero attached hydrogens (tertiary/aromatic N) is 1. The summed E-state index contributed by atoms with van der Waals surface area (Å²) in [5.74, 6) is 0.640. The van der Waals surface area contributed by atoms with Crippen molar-refractivity contribution in [3.05, 3.63) is 83.9 Å². The molecule has 0 spiro atoms. The number of hydrogen-bond acceptors (Lipinski definition) is 5. The van der Waals surface area contributed by atoms with Gasteiger partial charge in [0.15, 0.2) is 11.5 Å². The molecule has 0 radical (unpaired) electrons. The predicted octanol–water partition coefficient (Wildman–Crippen LogP) is 4.76. The van der Waals surface area contributed by atoms with Gasteiger partial charge in [0.05, 0.1) is 26.2 Å². The van der Waals surface area contributed by atoms with Crippen molar-refractivity contribution in [2.45, 2.75) is 25.9 Å². The maximum absolute atomic E-state index is 13.0. The molecule has 34 heavy (non-hydrogen) atoms. The van der Waals surface area contributed by atoms with Crippen molar-refractivity contribution in [1.29, 1.82) is 0 Å². The number of aromatic hydroxyl groups is 2. The molecule has 1 heterocycles. The second kappa shape index (κ2) is 10.2. The van der Waals surface area contributed by atoms with Gasteiger partial charge in [0.25, 0.3) is 0 Å². The molecule has 1 amide bonds. The van der Waals surface area contributed by atoms with Gasteiger partial charge in [0.2, 0.25) is 17.7 Å². The largest absolute Gasteiger partial charge is 0.494 e. The molecular weight excluding hydrogens is 432 g/mol. The van der Waals surface area contributed by atoms with Gasteiger partial charge in [-0.2, -0.15) is 0 Å². The maximum Gasteiger partial charge on any atom is 0.222 e. The molecule has 1 atom stereocenters. The van der Waals surface area contributed by atoms with E-state index in [0.717, 1.165) is 5.56 Å². The summed E-state index contributed by atoms with van der Waals surface area (Å²) in [7, 11) is 1.56. The van der Waals surface area contributed by atoms with Crippen molar-refractivity contribution in [2.75, 3.05) is 13.7 Å². The first-order chi connectivity index (χ1) is 16.5. The van der Waals surface area contributed by atoms with E-state index < -0.39 is 6.04 Å². The van der Waals surface area contributed by atoms with E-state index in [1.165, 1.54) is 4.57 Å². The highest BCUT2D eigenvalue weighted by atomic mass is 16.5. The van der Waals surface area contributed by atoms with E-state index in [9.17, 15) is 15.0 Å². The fourth-order valence-electron chi connectivity index (χ4n) is 4.10. The fraction of sp³-hybridized carbons (Fsp3) is 0.222. The highest BCUT2D eigenvalue weighted by molar-refractivity contribution is 5.93. The Morgan fingerprint density at radius 1 is 0.941 bits per heavy atom. The molecule has 4 aromatic rings. The molecule has 7 heteroatoms. The number of hydrogen-bond donors (Lipinski definition) is 3. The highest BCUT2D eigenvalue weighted by Crippen LogP contribution is 2.42. The van der Waals surface area contributed by atoms with Gasteiger partial charge in [0, 0.05) is 17.3 Å². The molecular formula is C27H28N2O5. The van der Waals surface area contributed by atoms with E-state index in [1.54, 1.807) is 49.6 Å². The van der Waals surface area contributed by atoms with Gasteiger partial charge in [-0.1, -0.05) is 48.5 Å².